The van der Waals surface area contributed by atoms with Crippen LogP contribution in [0.1, 0.15) is 0 Å². The molecule has 0 aromatic heterocycles. The molecule has 1 aromatic rings. The number of benzene rings is 1. The normalized spacial score (nSPS) is 14.5. The monoisotopic (exact) mass is 380 g/mol. The lowest BCUT2D eigenvalue weighted by Crippen LogP contribution is -2.31. The van der Waals surface area contributed by atoms with Gasteiger partial charge in [-0.1, -0.05) is 6.08 Å². The van der Waals surface area contributed by atoms with E-state index >= 15 is 0 Å². The van der Waals surface area contributed by atoms with Gasteiger partial charge in [0.25, 0.3) is 5.91 Å². The number of amides is 1. The highest BCUT2D eigenvalue weighted by molar-refractivity contribution is 7.91. The SMILES string of the molecule is C=CCS(=O)(=O)c1ccc(NC2=C(C(=O)OC)CN(CCO)C2=O)cc1. The first kappa shape index (κ1) is 19.7. The Balaban J connectivity index is 2.28. The van der Waals surface area contributed by atoms with Gasteiger partial charge in [-0.2, -0.15) is 0 Å². The summed E-state index contributed by atoms with van der Waals surface area (Å²) in [6.45, 7) is 3.30. The predicted octanol–water partition coefficient (Wildman–Crippen LogP) is 0.320. The number of aliphatic hydroxyl groups excluding tert-OH is 1. The number of methoxy groups -OCH3 is 1. The summed E-state index contributed by atoms with van der Waals surface area (Å²) < 4.78 is 28.7. The average molecular weight is 380 g/mol. The summed E-state index contributed by atoms with van der Waals surface area (Å²) in [7, 11) is -2.23. The molecule has 140 valence electrons. The Bertz CT molecular complexity index is 843. The third kappa shape index (κ3) is 4.12. The highest BCUT2D eigenvalue weighted by Crippen LogP contribution is 2.23. The Labute approximate surface area is 151 Å². The molecule has 0 saturated heterocycles. The highest BCUT2D eigenvalue weighted by atomic mass is 32.2. The predicted molar refractivity (Wildman–Crippen MR) is 95.0 cm³/mol. The van der Waals surface area contributed by atoms with Gasteiger partial charge in [0.15, 0.2) is 9.84 Å². The first-order chi connectivity index (χ1) is 12.3. The quantitative estimate of drug-likeness (QED) is 0.493. The topological polar surface area (TPSA) is 113 Å². The summed E-state index contributed by atoms with van der Waals surface area (Å²) >= 11 is 0. The summed E-state index contributed by atoms with van der Waals surface area (Å²) in [5.74, 6) is -1.26. The number of hydrogen-bond donors (Lipinski definition) is 2. The van der Waals surface area contributed by atoms with Crippen molar-refractivity contribution in [3.63, 3.8) is 0 Å². The minimum absolute atomic E-state index is 0.0280. The second-order valence-electron chi connectivity index (χ2n) is 5.51. The van der Waals surface area contributed by atoms with E-state index in [1.165, 1.54) is 42.4 Å². The Morgan fingerprint density at radius 3 is 2.58 bits per heavy atom. The molecule has 0 atom stereocenters. The molecule has 1 heterocycles. The van der Waals surface area contributed by atoms with E-state index in [-0.39, 0.29) is 41.6 Å². The Morgan fingerprint density at radius 2 is 2.04 bits per heavy atom. The fourth-order valence-electron chi connectivity index (χ4n) is 2.49. The number of hydrogen-bond acceptors (Lipinski definition) is 7. The van der Waals surface area contributed by atoms with Gasteiger partial charge in [0.05, 0.1) is 36.5 Å². The van der Waals surface area contributed by atoms with Crippen LogP contribution in [0.15, 0.2) is 53.1 Å². The van der Waals surface area contributed by atoms with E-state index in [4.69, 9.17) is 9.84 Å². The second-order valence-corrected chi connectivity index (χ2v) is 7.55. The van der Waals surface area contributed by atoms with Gasteiger partial charge in [0.2, 0.25) is 0 Å². The molecule has 2 rings (SSSR count). The van der Waals surface area contributed by atoms with E-state index in [1.54, 1.807) is 0 Å². The van der Waals surface area contributed by atoms with E-state index in [0.717, 1.165) is 0 Å². The lowest BCUT2D eigenvalue weighted by molar-refractivity contribution is -0.136. The third-order valence-electron chi connectivity index (χ3n) is 3.77. The van der Waals surface area contributed by atoms with Gasteiger partial charge >= 0.3 is 5.97 Å². The number of aliphatic hydroxyl groups is 1. The maximum Gasteiger partial charge on any atom is 0.337 e. The van der Waals surface area contributed by atoms with Crippen molar-refractivity contribution in [1.29, 1.82) is 0 Å². The smallest absolute Gasteiger partial charge is 0.337 e. The number of anilines is 1. The Kier molecular flexibility index (Phi) is 6.17. The van der Waals surface area contributed by atoms with Crippen LogP contribution >= 0.6 is 0 Å². The lowest BCUT2D eigenvalue weighted by atomic mass is 10.2. The first-order valence-electron chi connectivity index (χ1n) is 7.76. The van der Waals surface area contributed by atoms with Crippen LogP contribution in [0.3, 0.4) is 0 Å². The highest BCUT2D eigenvalue weighted by Gasteiger charge is 2.34. The molecule has 26 heavy (non-hydrogen) atoms. The fourth-order valence-corrected chi connectivity index (χ4v) is 3.54. The zero-order valence-corrected chi connectivity index (χ0v) is 15.1. The average Bonchev–Trinajstić information content (AvgIpc) is 2.91. The summed E-state index contributed by atoms with van der Waals surface area (Å²) in [6.07, 6.45) is 1.31. The largest absolute Gasteiger partial charge is 0.466 e. The number of nitrogens with one attached hydrogen (secondary N) is 1. The number of ether oxygens (including phenoxy) is 1. The summed E-state index contributed by atoms with van der Waals surface area (Å²) in [5, 5.41) is 11.9. The molecule has 2 N–H and O–H groups in total. The second kappa shape index (κ2) is 8.15. The third-order valence-corrected chi connectivity index (χ3v) is 5.44. The van der Waals surface area contributed by atoms with Crippen LogP contribution in [0.2, 0.25) is 0 Å². The molecule has 1 aromatic carbocycles. The molecular weight excluding hydrogens is 360 g/mol. The van der Waals surface area contributed by atoms with Gasteiger partial charge < -0.3 is 20.1 Å². The molecule has 8 nitrogen and oxygen atoms in total. The Hall–Kier alpha value is -2.65. The van der Waals surface area contributed by atoms with Crippen molar-refractivity contribution >= 4 is 27.4 Å². The van der Waals surface area contributed by atoms with Crippen LogP contribution in [0.4, 0.5) is 5.69 Å². The van der Waals surface area contributed by atoms with Crippen molar-refractivity contribution in [2.24, 2.45) is 0 Å². The first-order valence-corrected chi connectivity index (χ1v) is 9.41. The van der Waals surface area contributed by atoms with Gasteiger partial charge in [-0.15, -0.1) is 6.58 Å². The van der Waals surface area contributed by atoms with E-state index in [9.17, 15) is 18.0 Å². The van der Waals surface area contributed by atoms with E-state index in [0.29, 0.717) is 5.69 Å². The van der Waals surface area contributed by atoms with Crippen LogP contribution in [-0.4, -0.2) is 62.9 Å². The number of carbonyl (C=O) groups excluding carboxylic acids is 2. The fraction of sp³-hybridized carbons (Fsp3) is 0.294. The minimum atomic E-state index is -3.44. The molecule has 1 amide bonds. The molecule has 9 heteroatoms. The summed E-state index contributed by atoms with van der Waals surface area (Å²) in [6, 6.07) is 5.81. The number of nitrogens with zero attached hydrogens (tertiary/aromatic N) is 1. The van der Waals surface area contributed by atoms with Crippen molar-refractivity contribution < 1.29 is 27.9 Å². The van der Waals surface area contributed by atoms with Crippen molar-refractivity contribution in [3.05, 3.63) is 48.2 Å². The molecule has 0 fully saturated rings. The number of esters is 1. The number of rotatable bonds is 8. The Morgan fingerprint density at radius 1 is 1.38 bits per heavy atom. The molecule has 0 saturated carbocycles. The van der Waals surface area contributed by atoms with Crippen molar-refractivity contribution in [1.82, 2.24) is 4.90 Å². The van der Waals surface area contributed by atoms with Crippen molar-refractivity contribution in [2.75, 3.05) is 37.9 Å². The summed E-state index contributed by atoms with van der Waals surface area (Å²) in [5.41, 5.74) is 0.638. The minimum Gasteiger partial charge on any atom is -0.466 e. The zero-order chi connectivity index (χ0) is 19.3. The van der Waals surface area contributed by atoms with E-state index in [1.807, 2.05) is 0 Å². The van der Waals surface area contributed by atoms with Crippen LogP contribution in [0, 0.1) is 0 Å². The van der Waals surface area contributed by atoms with Crippen molar-refractivity contribution in [3.8, 4) is 0 Å². The molecule has 0 radical (unpaired) electrons. The zero-order valence-electron chi connectivity index (χ0n) is 14.3. The standard InChI is InChI=1S/C17H20N2O6S/c1-3-10-26(23,24)13-6-4-12(5-7-13)18-15-14(17(22)25-2)11-19(8-9-20)16(15)21/h3-7,18,20H,1,8-11H2,2H3. The van der Waals surface area contributed by atoms with Crippen LogP contribution < -0.4 is 5.32 Å². The summed E-state index contributed by atoms with van der Waals surface area (Å²) in [4.78, 5) is 25.8. The molecule has 0 spiro atoms. The molecule has 1 aliphatic heterocycles. The van der Waals surface area contributed by atoms with Crippen LogP contribution in [0.25, 0.3) is 0 Å². The van der Waals surface area contributed by atoms with Crippen molar-refractivity contribution in [2.45, 2.75) is 4.90 Å². The lowest BCUT2D eigenvalue weighted by Gasteiger charge is -2.15. The van der Waals surface area contributed by atoms with Gasteiger partial charge in [-0.3, -0.25) is 4.79 Å². The molecule has 0 unspecified atom stereocenters. The van der Waals surface area contributed by atoms with E-state index < -0.39 is 21.7 Å². The molecule has 0 bridgehead atoms. The maximum atomic E-state index is 12.4. The van der Waals surface area contributed by atoms with Gasteiger partial charge in [0, 0.05) is 12.2 Å². The van der Waals surface area contributed by atoms with Gasteiger partial charge in [-0.25, -0.2) is 13.2 Å². The molecule has 0 aliphatic carbocycles. The van der Waals surface area contributed by atoms with Gasteiger partial charge in [-0.05, 0) is 24.3 Å². The number of carbonyl (C=O) groups is 2. The van der Waals surface area contributed by atoms with Gasteiger partial charge in [0.1, 0.15) is 5.70 Å². The maximum absolute atomic E-state index is 12.4. The molecular formula is C17H20N2O6S. The molecule has 1 aliphatic rings. The van der Waals surface area contributed by atoms with Crippen LogP contribution in [-0.2, 0) is 24.2 Å². The number of sulfone groups is 1. The number of β-amino-alcohol motifs (C(OH)–C–C–N with tert-alkyl or cyclic N) is 1. The van der Waals surface area contributed by atoms with E-state index in [2.05, 4.69) is 11.9 Å². The van der Waals surface area contributed by atoms with Crippen LogP contribution in [0.5, 0.6) is 0 Å².